The van der Waals surface area contributed by atoms with Crippen LogP contribution in [0.2, 0.25) is 0 Å². The van der Waals surface area contributed by atoms with Gasteiger partial charge in [0.1, 0.15) is 0 Å². The molecule has 2 aliphatic rings. The molecule has 2 fully saturated rings. The van der Waals surface area contributed by atoms with Crippen LogP contribution in [0.3, 0.4) is 0 Å². The van der Waals surface area contributed by atoms with E-state index in [-0.39, 0.29) is 0 Å². The molecule has 28 heavy (non-hydrogen) atoms. The zero-order chi connectivity index (χ0) is 19.2. The molecule has 2 aliphatic heterocycles. The van der Waals surface area contributed by atoms with Crippen LogP contribution in [0.1, 0.15) is 48.3 Å². The van der Waals surface area contributed by atoms with Gasteiger partial charge in [0, 0.05) is 13.1 Å². The van der Waals surface area contributed by atoms with Crippen molar-refractivity contribution < 1.29 is 0 Å². The Morgan fingerprint density at radius 3 is 2.04 bits per heavy atom. The van der Waals surface area contributed by atoms with Gasteiger partial charge in [-0.1, -0.05) is 60.2 Å². The van der Waals surface area contributed by atoms with Crippen molar-refractivity contribution in [2.75, 3.05) is 39.3 Å². The van der Waals surface area contributed by atoms with Crippen molar-refractivity contribution in [1.29, 1.82) is 0 Å². The standard InChI is InChI=1S/C26H36N2/c1-22-6-5-9-26(20-22)25-12-16-28(17-13-25)19-18-27-14-10-24(11-15-27)21-23-7-3-2-4-8-23/h2-9,20,24-25H,10-19,21H2,1H3. The third-order valence-corrected chi connectivity index (χ3v) is 6.91. The van der Waals surface area contributed by atoms with Crippen LogP contribution in [0.5, 0.6) is 0 Å². The Morgan fingerprint density at radius 1 is 0.750 bits per heavy atom. The molecule has 4 rings (SSSR count). The lowest BCUT2D eigenvalue weighted by molar-refractivity contribution is 0.141. The van der Waals surface area contributed by atoms with Crippen LogP contribution < -0.4 is 0 Å². The number of aryl methyl sites for hydroxylation is 1. The fourth-order valence-corrected chi connectivity index (χ4v) is 5.06. The van der Waals surface area contributed by atoms with E-state index in [2.05, 4.69) is 71.3 Å². The van der Waals surface area contributed by atoms with Gasteiger partial charge in [0.2, 0.25) is 0 Å². The summed E-state index contributed by atoms with van der Waals surface area (Å²) in [4.78, 5) is 5.40. The number of piperidine rings is 2. The fourth-order valence-electron chi connectivity index (χ4n) is 5.06. The van der Waals surface area contributed by atoms with Gasteiger partial charge in [0.25, 0.3) is 0 Å². The number of rotatable bonds is 6. The van der Waals surface area contributed by atoms with E-state index in [9.17, 15) is 0 Å². The predicted octanol–water partition coefficient (Wildman–Crippen LogP) is 5.13. The second-order valence-electron chi connectivity index (χ2n) is 9.00. The molecule has 0 unspecified atom stereocenters. The van der Waals surface area contributed by atoms with Crippen molar-refractivity contribution in [2.45, 2.75) is 44.9 Å². The third kappa shape index (κ3) is 5.46. The summed E-state index contributed by atoms with van der Waals surface area (Å²) in [6, 6.07) is 20.2. The number of hydrogen-bond acceptors (Lipinski definition) is 2. The average Bonchev–Trinajstić information content (AvgIpc) is 2.74. The van der Waals surface area contributed by atoms with E-state index >= 15 is 0 Å². The molecule has 2 heteroatoms. The third-order valence-electron chi connectivity index (χ3n) is 6.91. The van der Waals surface area contributed by atoms with Crippen LogP contribution in [0, 0.1) is 12.8 Å². The van der Waals surface area contributed by atoms with E-state index in [0.717, 1.165) is 11.8 Å². The molecule has 2 nitrogen and oxygen atoms in total. The minimum atomic E-state index is 0.768. The van der Waals surface area contributed by atoms with Crippen molar-refractivity contribution in [2.24, 2.45) is 5.92 Å². The summed E-state index contributed by atoms with van der Waals surface area (Å²) in [5.74, 6) is 1.65. The number of hydrogen-bond donors (Lipinski definition) is 0. The molecule has 2 aromatic carbocycles. The first-order valence-electron chi connectivity index (χ1n) is 11.3. The van der Waals surface area contributed by atoms with Gasteiger partial charge in [-0.2, -0.15) is 0 Å². The number of nitrogens with zero attached hydrogens (tertiary/aromatic N) is 2. The highest BCUT2D eigenvalue weighted by atomic mass is 15.2. The van der Waals surface area contributed by atoms with Crippen molar-refractivity contribution in [3.8, 4) is 0 Å². The maximum absolute atomic E-state index is 2.70. The number of likely N-dealkylation sites (tertiary alicyclic amines) is 2. The zero-order valence-electron chi connectivity index (χ0n) is 17.5. The van der Waals surface area contributed by atoms with Gasteiger partial charge >= 0.3 is 0 Å². The molecule has 0 spiro atoms. The van der Waals surface area contributed by atoms with Crippen molar-refractivity contribution in [3.63, 3.8) is 0 Å². The number of benzene rings is 2. The lowest BCUT2D eigenvalue weighted by atomic mass is 9.88. The summed E-state index contributed by atoms with van der Waals surface area (Å²) in [6.45, 7) is 9.83. The molecule has 2 heterocycles. The zero-order valence-corrected chi connectivity index (χ0v) is 17.5. The maximum atomic E-state index is 2.70. The van der Waals surface area contributed by atoms with E-state index in [1.165, 1.54) is 82.5 Å². The first-order valence-corrected chi connectivity index (χ1v) is 11.3. The molecule has 0 aliphatic carbocycles. The Bertz CT molecular complexity index is 710. The molecule has 0 atom stereocenters. The second-order valence-corrected chi connectivity index (χ2v) is 9.00. The fraction of sp³-hybridized carbons (Fsp3) is 0.538. The van der Waals surface area contributed by atoms with Gasteiger partial charge in [-0.05, 0) is 88.2 Å². The summed E-state index contributed by atoms with van der Waals surface area (Å²) in [6.07, 6.45) is 6.64. The van der Waals surface area contributed by atoms with E-state index in [1.807, 2.05) is 0 Å². The molecular weight excluding hydrogens is 340 g/mol. The molecule has 0 radical (unpaired) electrons. The molecule has 0 aromatic heterocycles. The second kappa shape index (κ2) is 9.71. The van der Waals surface area contributed by atoms with E-state index in [0.29, 0.717) is 0 Å². The SMILES string of the molecule is Cc1cccc(C2CCN(CCN3CCC(Cc4ccccc4)CC3)CC2)c1. The molecule has 0 amide bonds. The van der Waals surface area contributed by atoms with Crippen LogP contribution in [-0.4, -0.2) is 49.1 Å². The van der Waals surface area contributed by atoms with Crippen LogP contribution >= 0.6 is 0 Å². The van der Waals surface area contributed by atoms with Gasteiger partial charge in [-0.25, -0.2) is 0 Å². The van der Waals surface area contributed by atoms with Crippen molar-refractivity contribution in [1.82, 2.24) is 9.80 Å². The molecule has 0 saturated carbocycles. The van der Waals surface area contributed by atoms with Gasteiger partial charge in [-0.15, -0.1) is 0 Å². The highest BCUT2D eigenvalue weighted by molar-refractivity contribution is 5.25. The summed E-state index contributed by atoms with van der Waals surface area (Å²) < 4.78 is 0. The summed E-state index contributed by atoms with van der Waals surface area (Å²) >= 11 is 0. The summed E-state index contributed by atoms with van der Waals surface area (Å²) in [7, 11) is 0. The topological polar surface area (TPSA) is 6.48 Å². The molecule has 2 saturated heterocycles. The Labute approximate surface area is 171 Å². The molecule has 2 aromatic rings. The van der Waals surface area contributed by atoms with Gasteiger partial charge in [0.05, 0.1) is 0 Å². The van der Waals surface area contributed by atoms with Crippen molar-refractivity contribution in [3.05, 3.63) is 71.3 Å². The lowest BCUT2D eigenvalue weighted by Gasteiger charge is -2.36. The van der Waals surface area contributed by atoms with Gasteiger partial charge in [-0.3, -0.25) is 0 Å². The highest BCUT2D eigenvalue weighted by Gasteiger charge is 2.23. The minimum Gasteiger partial charge on any atom is -0.302 e. The monoisotopic (exact) mass is 376 g/mol. The van der Waals surface area contributed by atoms with Crippen LogP contribution in [0.4, 0.5) is 0 Å². The largest absolute Gasteiger partial charge is 0.302 e. The lowest BCUT2D eigenvalue weighted by Crippen LogP contribution is -2.42. The van der Waals surface area contributed by atoms with Gasteiger partial charge in [0.15, 0.2) is 0 Å². The predicted molar refractivity (Wildman–Crippen MR) is 119 cm³/mol. The molecule has 150 valence electrons. The average molecular weight is 377 g/mol. The minimum absolute atomic E-state index is 0.768. The smallest absolute Gasteiger partial charge is 0.0109 e. The van der Waals surface area contributed by atoms with Gasteiger partial charge < -0.3 is 9.80 Å². The summed E-state index contributed by atoms with van der Waals surface area (Å²) in [5.41, 5.74) is 4.47. The quantitative estimate of drug-likeness (QED) is 0.690. The van der Waals surface area contributed by atoms with Crippen LogP contribution in [0.25, 0.3) is 0 Å². The van der Waals surface area contributed by atoms with Crippen LogP contribution in [0.15, 0.2) is 54.6 Å². The Kier molecular flexibility index (Phi) is 6.82. The first kappa shape index (κ1) is 19.7. The molecule has 0 bridgehead atoms. The van der Waals surface area contributed by atoms with E-state index in [1.54, 1.807) is 5.56 Å². The molecular formula is C26H36N2. The van der Waals surface area contributed by atoms with Crippen LogP contribution in [-0.2, 0) is 6.42 Å². The molecule has 0 N–H and O–H groups in total. The van der Waals surface area contributed by atoms with Crippen molar-refractivity contribution >= 4 is 0 Å². The maximum Gasteiger partial charge on any atom is 0.0109 e. The Morgan fingerprint density at radius 2 is 1.39 bits per heavy atom. The Hall–Kier alpha value is -1.64. The van der Waals surface area contributed by atoms with E-state index in [4.69, 9.17) is 0 Å². The summed E-state index contributed by atoms with van der Waals surface area (Å²) in [5, 5.41) is 0. The first-order chi connectivity index (χ1) is 13.8. The Balaban J connectivity index is 1.15. The van der Waals surface area contributed by atoms with E-state index < -0.39 is 0 Å². The highest BCUT2D eigenvalue weighted by Crippen LogP contribution is 2.28. The normalized spacial score (nSPS) is 20.5.